The summed E-state index contributed by atoms with van der Waals surface area (Å²) in [6.07, 6.45) is 21.5. The molecular weight excluding hydrogens is 548 g/mol. The molecule has 236 valence electrons. The number of hydrogen-bond donors (Lipinski definition) is 0. The van der Waals surface area contributed by atoms with Gasteiger partial charge in [0.05, 0.1) is 6.10 Å². The van der Waals surface area contributed by atoms with Crippen LogP contribution in [0.4, 0.5) is 17.6 Å². The highest BCUT2D eigenvalue weighted by atomic mass is 19.2. The van der Waals surface area contributed by atoms with Gasteiger partial charge in [0, 0.05) is 17.7 Å². The van der Waals surface area contributed by atoms with Crippen molar-refractivity contribution in [3.63, 3.8) is 0 Å². The average Bonchev–Trinajstić information content (AvgIpc) is 3.39. The second-order valence-corrected chi connectivity index (χ2v) is 13.5. The predicted molar refractivity (Wildman–Crippen MR) is 167 cm³/mol. The van der Waals surface area contributed by atoms with Crippen LogP contribution in [-0.2, 0) is 24.0 Å². The molecule has 2 aromatic carbocycles. The quantitative estimate of drug-likeness (QED) is 0.108. The first-order chi connectivity index (χ1) is 20.9. The molecule has 0 spiro atoms. The minimum atomic E-state index is -1.05. The average molecular weight is 599 g/mol. The molecule has 0 radical (unpaired) electrons. The van der Waals surface area contributed by atoms with Gasteiger partial charge in [0.1, 0.15) is 0 Å². The number of rotatable bonds is 13. The van der Waals surface area contributed by atoms with Crippen molar-refractivity contribution in [3.05, 3.63) is 69.8 Å². The van der Waals surface area contributed by atoms with Crippen LogP contribution in [0, 0.1) is 41.0 Å². The maximum Gasteiger partial charge on any atom is 0.167 e. The van der Waals surface area contributed by atoms with Crippen molar-refractivity contribution in [2.24, 2.45) is 17.8 Å². The van der Waals surface area contributed by atoms with Crippen molar-refractivity contribution in [2.45, 2.75) is 129 Å². The van der Waals surface area contributed by atoms with Crippen molar-refractivity contribution in [1.29, 1.82) is 0 Å². The molecule has 43 heavy (non-hydrogen) atoms. The van der Waals surface area contributed by atoms with Crippen LogP contribution in [0.2, 0.25) is 0 Å². The molecule has 1 saturated carbocycles. The third-order valence-corrected chi connectivity index (χ3v) is 10.4. The van der Waals surface area contributed by atoms with Crippen molar-refractivity contribution in [3.8, 4) is 11.1 Å². The second kappa shape index (κ2) is 15.2. The Kier molecular flexibility index (Phi) is 11.4. The lowest BCUT2D eigenvalue weighted by atomic mass is 9.80. The van der Waals surface area contributed by atoms with E-state index in [0.717, 1.165) is 31.6 Å². The van der Waals surface area contributed by atoms with E-state index in [0.29, 0.717) is 72.5 Å². The Labute approximate surface area is 256 Å². The number of benzene rings is 2. The normalized spacial score (nSPS) is 23.6. The fraction of sp³-hybridized carbons (Fsp3) is 0.632. The van der Waals surface area contributed by atoms with E-state index < -0.39 is 23.3 Å². The van der Waals surface area contributed by atoms with Gasteiger partial charge in [-0.05, 0) is 117 Å². The number of ether oxygens (including phenoxy) is 1. The number of hydrogen-bond acceptors (Lipinski definition) is 1. The maximum absolute atomic E-state index is 15.4. The van der Waals surface area contributed by atoms with Gasteiger partial charge in [-0.3, -0.25) is 0 Å². The zero-order valence-corrected chi connectivity index (χ0v) is 26.3. The van der Waals surface area contributed by atoms with Crippen LogP contribution in [0.25, 0.3) is 11.1 Å². The van der Waals surface area contributed by atoms with Gasteiger partial charge in [0.15, 0.2) is 23.3 Å². The number of unbranched alkanes of at least 4 members (excludes halogenated alkanes) is 2. The van der Waals surface area contributed by atoms with Gasteiger partial charge in [0.25, 0.3) is 0 Å². The fourth-order valence-corrected chi connectivity index (χ4v) is 7.77. The number of allylic oxidation sites excluding steroid dienone is 2. The van der Waals surface area contributed by atoms with E-state index in [1.165, 1.54) is 57.8 Å². The maximum atomic E-state index is 15.4. The molecular formula is C38H50F4O. The molecule has 0 amide bonds. The van der Waals surface area contributed by atoms with Crippen molar-refractivity contribution < 1.29 is 22.3 Å². The summed E-state index contributed by atoms with van der Waals surface area (Å²) in [6.45, 7) is 5.11. The molecule has 0 bridgehead atoms. The SMILES string of the molecule is CCCCCC1CCC(CCc2cc3c(c(F)c2F)-c2c(cc(CC/C=C/C4CCC(CCC)CC4)c(F)c2F)C3)CO1. The summed E-state index contributed by atoms with van der Waals surface area (Å²) in [5, 5.41) is 0. The van der Waals surface area contributed by atoms with Gasteiger partial charge in [-0.25, -0.2) is 17.6 Å². The smallest absolute Gasteiger partial charge is 0.167 e. The van der Waals surface area contributed by atoms with Gasteiger partial charge in [-0.1, -0.05) is 70.2 Å². The Morgan fingerprint density at radius 2 is 1.35 bits per heavy atom. The molecule has 0 aromatic heterocycles. The van der Waals surface area contributed by atoms with Crippen LogP contribution in [-0.4, -0.2) is 12.7 Å². The number of fused-ring (bicyclic) bond motifs is 3. The van der Waals surface area contributed by atoms with E-state index in [1.54, 1.807) is 12.1 Å². The molecule has 2 fully saturated rings. The summed E-state index contributed by atoms with van der Waals surface area (Å²) in [5.41, 5.74) is 1.53. The van der Waals surface area contributed by atoms with E-state index in [1.807, 2.05) is 0 Å². The molecule has 3 aliphatic rings. The molecule has 5 heteroatoms. The van der Waals surface area contributed by atoms with E-state index in [4.69, 9.17) is 4.74 Å². The Morgan fingerprint density at radius 1 is 0.698 bits per heavy atom. The van der Waals surface area contributed by atoms with Gasteiger partial charge < -0.3 is 4.74 Å². The second-order valence-electron chi connectivity index (χ2n) is 13.5. The van der Waals surface area contributed by atoms with Crippen molar-refractivity contribution in [1.82, 2.24) is 0 Å². The van der Waals surface area contributed by atoms with Crippen LogP contribution in [0.3, 0.4) is 0 Å². The summed E-state index contributed by atoms with van der Waals surface area (Å²) >= 11 is 0. The Balaban J connectivity index is 1.19. The Bertz CT molecular complexity index is 1250. The molecule has 2 unspecified atom stereocenters. The predicted octanol–water partition coefficient (Wildman–Crippen LogP) is 11.2. The fourth-order valence-electron chi connectivity index (χ4n) is 7.77. The lowest BCUT2D eigenvalue weighted by Crippen LogP contribution is -2.26. The molecule has 0 N–H and O–H groups in total. The first-order valence-corrected chi connectivity index (χ1v) is 17.2. The summed E-state index contributed by atoms with van der Waals surface area (Å²) in [5.74, 6) is -2.21. The van der Waals surface area contributed by atoms with Crippen LogP contribution < -0.4 is 0 Å². The minimum Gasteiger partial charge on any atom is -0.378 e. The molecule has 1 aliphatic heterocycles. The van der Waals surface area contributed by atoms with E-state index >= 15 is 17.6 Å². The molecule has 1 heterocycles. The lowest BCUT2D eigenvalue weighted by molar-refractivity contribution is -0.0226. The Hall–Kier alpha value is -2.14. The highest BCUT2D eigenvalue weighted by Gasteiger charge is 2.32. The summed E-state index contributed by atoms with van der Waals surface area (Å²) in [4.78, 5) is 0. The molecule has 2 atom stereocenters. The first kappa shape index (κ1) is 32.3. The Morgan fingerprint density at radius 3 is 1.95 bits per heavy atom. The largest absolute Gasteiger partial charge is 0.378 e. The van der Waals surface area contributed by atoms with Gasteiger partial charge in [-0.2, -0.15) is 0 Å². The van der Waals surface area contributed by atoms with E-state index in [2.05, 4.69) is 26.0 Å². The molecule has 5 rings (SSSR count). The summed E-state index contributed by atoms with van der Waals surface area (Å²) in [7, 11) is 0. The van der Waals surface area contributed by atoms with Crippen LogP contribution in [0.1, 0.15) is 126 Å². The summed E-state index contributed by atoms with van der Waals surface area (Å²) in [6, 6.07) is 3.35. The van der Waals surface area contributed by atoms with Gasteiger partial charge in [-0.15, -0.1) is 0 Å². The first-order valence-electron chi connectivity index (χ1n) is 17.2. The zero-order chi connectivity index (χ0) is 30.3. The van der Waals surface area contributed by atoms with Crippen LogP contribution in [0.5, 0.6) is 0 Å². The third-order valence-electron chi connectivity index (χ3n) is 10.4. The van der Waals surface area contributed by atoms with Gasteiger partial charge >= 0.3 is 0 Å². The van der Waals surface area contributed by atoms with Crippen molar-refractivity contribution >= 4 is 0 Å². The van der Waals surface area contributed by atoms with E-state index in [9.17, 15) is 0 Å². The van der Waals surface area contributed by atoms with Crippen LogP contribution >= 0.6 is 0 Å². The minimum absolute atomic E-state index is 0.103. The molecule has 2 aliphatic carbocycles. The van der Waals surface area contributed by atoms with E-state index in [-0.39, 0.29) is 11.1 Å². The lowest BCUT2D eigenvalue weighted by Gasteiger charge is -2.29. The molecule has 1 nitrogen and oxygen atoms in total. The van der Waals surface area contributed by atoms with Crippen molar-refractivity contribution in [2.75, 3.05) is 6.61 Å². The highest BCUT2D eigenvalue weighted by Crippen LogP contribution is 2.44. The third kappa shape index (κ3) is 7.75. The highest BCUT2D eigenvalue weighted by molar-refractivity contribution is 5.79. The summed E-state index contributed by atoms with van der Waals surface area (Å²) < 4.78 is 67.3. The van der Waals surface area contributed by atoms with Gasteiger partial charge in [0.2, 0.25) is 0 Å². The topological polar surface area (TPSA) is 9.23 Å². The van der Waals surface area contributed by atoms with Crippen LogP contribution in [0.15, 0.2) is 24.3 Å². The zero-order valence-electron chi connectivity index (χ0n) is 26.3. The number of aryl methyl sites for hydroxylation is 2. The molecule has 2 aromatic rings. The standard InChI is InChI=1S/C38H50F4O/c1-3-5-6-12-32-20-18-27(24-43-32)17-19-29-22-31-23-30-21-28(35(39)37(41)33(30)34(31)38(42)36(29)40)11-8-7-10-26-15-13-25(9-4-2)14-16-26/h7,10,21-22,25-27,32H,3-6,8-9,11-20,23-24H2,1-2H3/b10-7+. The monoisotopic (exact) mass is 598 g/mol. The number of halogens is 4. The molecule has 1 saturated heterocycles.